The van der Waals surface area contributed by atoms with Crippen LogP contribution in [0.2, 0.25) is 0 Å². The van der Waals surface area contributed by atoms with Crippen molar-refractivity contribution in [2.45, 2.75) is 11.3 Å². The molecule has 2 N–H and O–H groups in total. The Bertz CT molecular complexity index is 796. The highest BCUT2D eigenvalue weighted by atomic mass is 32.2. The molecule has 0 heterocycles. The Morgan fingerprint density at radius 3 is 2.18 bits per heavy atom. The third kappa shape index (κ3) is 4.03. The Labute approximate surface area is 129 Å². The lowest BCUT2D eigenvalue weighted by Gasteiger charge is -2.10. The van der Waals surface area contributed by atoms with Gasteiger partial charge in [0.1, 0.15) is 0 Å². The summed E-state index contributed by atoms with van der Waals surface area (Å²) in [7, 11) is -4.00. The van der Waals surface area contributed by atoms with Crippen LogP contribution in [-0.2, 0) is 10.1 Å². The Hall–Kier alpha value is -2.44. The molecule has 22 heavy (non-hydrogen) atoms. The van der Waals surface area contributed by atoms with Crippen LogP contribution in [0.3, 0.4) is 0 Å². The topological polar surface area (TPSA) is 87.0 Å². The van der Waals surface area contributed by atoms with Crippen molar-refractivity contribution in [1.82, 2.24) is 0 Å². The summed E-state index contributed by atoms with van der Waals surface area (Å²) in [5, 5.41) is 11.9. The van der Waals surface area contributed by atoms with Crippen LogP contribution in [-0.4, -0.2) is 23.9 Å². The second kappa shape index (κ2) is 7.02. The molecule has 1 aliphatic carbocycles. The third-order valence-corrected chi connectivity index (χ3v) is 3.91. The maximum absolute atomic E-state index is 10.4. The van der Waals surface area contributed by atoms with Crippen molar-refractivity contribution in [3.8, 4) is 0 Å². The predicted octanol–water partition coefficient (Wildman–Crippen LogP) is 3.22. The van der Waals surface area contributed by atoms with Gasteiger partial charge < -0.3 is 5.21 Å². The highest BCUT2D eigenvalue weighted by Crippen LogP contribution is 2.18. The van der Waals surface area contributed by atoms with E-state index in [2.05, 4.69) is 5.16 Å². The molecule has 2 aromatic carbocycles. The molecule has 0 saturated heterocycles. The molecule has 2 aromatic rings. The van der Waals surface area contributed by atoms with E-state index in [0.29, 0.717) is 6.42 Å². The largest absolute Gasteiger partial charge is 0.411 e. The van der Waals surface area contributed by atoms with Gasteiger partial charge in [-0.15, -0.1) is 0 Å². The predicted molar refractivity (Wildman–Crippen MR) is 84.7 cm³/mol. The Balaban J connectivity index is 0.000000164. The average molecular weight is 317 g/mol. The van der Waals surface area contributed by atoms with Crippen LogP contribution < -0.4 is 0 Å². The van der Waals surface area contributed by atoms with Crippen LogP contribution in [0.4, 0.5) is 0 Å². The molecule has 1 aliphatic rings. The van der Waals surface area contributed by atoms with E-state index in [0.717, 1.165) is 16.8 Å². The quantitative estimate of drug-likeness (QED) is 0.480. The van der Waals surface area contributed by atoms with Gasteiger partial charge in [-0.2, -0.15) is 8.42 Å². The molecule has 114 valence electrons. The minimum absolute atomic E-state index is 0.0741. The molecule has 0 amide bonds. The summed E-state index contributed by atoms with van der Waals surface area (Å²) in [4.78, 5) is -0.0741. The van der Waals surface area contributed by atoms with Crippen LogP contribution in [0.25, 0.3) is 6.08 Å². The highest BCUT2D eigenvalue weighted by Gasteiger charge is 2.09. The Morgan fingerprint density at radius 2 is 1.59 bits per heavy atom. The van der Waals surface area contributed by atoms with Crippen molar-refractivity contribution >= 4 is 21.9 Å². The fourth-order valence-electron chi connectivity index (χ4n) is 2.00. The molecule has 5 nitrogen and oxygen atoms in total. The smallest absolute Gasteiger partial charge is 0.294 e. The zero-order valence-electron chi connectivity index (χ0n) is 11.6. The summed E-state index contributed by atoms with van der Waals surface area (Å²) in [5.74, 6) is 0. The van der Waals surface area contributed by atoms with E-state index in [9.17, 15) is 8.42 Å². The molecule has 0 fully saturated rings. The van der Waals surface area contributed by atoms with Crippen LogP contribution >= 0.6 is 0 Å². The number of hydrogen-bond acceptors (Lipinski definition) is 4. The first-order valence-electron chi connectivity index (χ1n) is 6.52. The van der Waals surface area contributed by atoms with Gasteiger partial charge in [0.25, 0.3) is 10.1 Å². The summed E-state index contributed by atoms with van der Waals surface area (Å²) in [5.41, 5.74) is 2.90. The minimum atomic E-state index is -4.00. The van der Waals surface area contributed by atoms with Gasteiger partial charge in [-0.05, 0) is 17.7 Å². The van der Waals surface area contributed by atoms with E-state index in [1.54, 1.807) is 18.2 Å². The van der Waals surface area contributed by atoms with Gasteiger partial charge in [-0.25, -0.2) is 0 Å². The molecule has 0 spiro atoms. The standard InChI is InChI=1S/C10H9NO.C6H6O3S/c12-11-10-7-3-5-8-4-1-2-6-9(8)10;7-10(8,9)6-4-2-1-3-5-6/h1-6,12H,7H2;1-5H,(H,7,8,9). The summed E-state index contributed by atoms with van der Waals surface area (Å²) >= 11 is 0. The number of oxime groups is 1. The number of rotatable bonds is 1. The van der Waals surface area contributed by atoms with Crippen LogP contribution in [0.1, 0.15) is 17.5 Å². The van der Waals surface area contributed by atoms with Gasteiger partial charge in [0, 0.05) is 12.0 Å². The first-order valence-corrected chi connectivity index (χ1v) is 7.96. The third-order valence-electron chi connectivity index (χ3n) is 3.04. The molecular weight excluding hydrogens is 302 g/mol. The van der Waals surface area contributed by atoms with E-state index in [1.165, 1.54) is 12.1 Å². The number of benzene rings is 2. The van der Waals surface area contributed by atoms with E-state index in [4.69, 9.17) is 9.76 Å². The number of allylic oxidation sites excluding steroid dienone is 1. The molecular formula is C16H15NO4S. The number of hydrogen-bond donors (Lipinski definition) is 2. The second-order valence-electron chi connectivity index (χ2n) is 4.53. The van der Waals surface area contributed by atoms with Crippen molar-refractivity contribution in [2.24, 2.45) is 5.16 Å². The highest BCUT2D eigenvalue weighted by molar-refractivity contribution is 7.85. The van der Waals surface area contributed by atoms with E-state index < -0.39 is 10.1 Å². The van der Waals surface area contributed by atoms with Gasteiger partial charge in [0.05, 0.1) is 10.6 Å². The second-order valence-corrected chi connectivity index (χ2v) is 5.95. The Morgan fingerprint density at radius 1 is 0.955 bits per heavy atom. The molecule has 0 radical (unpaired) electrons. The summed E-state index contributed by atoms with van der Waals surface area (Å²) < 4.78 is 29.2. The van der Waals surface area contributed by atoms with Crippen molar-refractivity contribution in [3.05, 3.63) is 71.8 Å². The first kappa shape index (κ1) is 15.9. The van der Waals surface area contributed by atoms with Crippen molar-refractivity contribution in [3.63, 3.8) is 0 Å². The molecule has 3 rings (SSSR count). The van der Waals surface area contributed by atoms with E-state index in [1.807, 2.05) is 36.4 Å². The summed E-state index contributed by atoms with van der Waals surface area (Å²) in [6.45, 7) is 0. The number of nitrogens with zero attached hydrogens (tertiary/aromatic N) is 1. The molecule has 0 saturated carbocycles. The van der Waals surface area contributed by atoms with Gasteiger partial charge in [-0.1, -0.05) is 59.8 Å². The van der Waals surface area contributed by atoms with Crippen LogP contribution in [0, 0.1) is 0 Å². The first-order chi connectivity index (χ1) is 10.5. The van der Waals surface area contributed by atoms with Gasteiger partial charge in [-0.3, -0.25) is 4.55 Å². The average Bonchev–Trinajstić information content (AvgIpc) is 2.55. The maximum atomic E-state index is 10.4. The van der Waals surface area contributed by atoms with Crippen LogP contribution in [0.15, 0.2) is 70.7 Å². The monoisotopic (exact) mass is 317 g/mol. The zero-order valence-corrected chi connectivity index (χ0v) is 12.4. The van der Waals surface area contributed by atoms with Crippen molar-refractivity contribution in [2.75, 3.05) is 0 Å². The maximum Gasteiger partial charge on any atom is 0.294 e. The van der Waals surface area contributed by atoms with E-state index in [-0.39, 0.29) is 4.90 Å². The zero-order chi connectivity index (χ0) is 16.0. The minimum Gasteiger partial charge on any atom is -0.411 e. The fraction of sp³-hybridized carbons (Fsp3) is 0.0625. The summed E-state index contributed by atoms with van der Waals surface area (Å²) in [6, 6.07) is 15.3. The molecule has 0 unspecified atom stereocenters. The van der Waals surface area contributed by atoms with Gasteiger partial charge >= 0.3 is 0 Å². The van der Waals surface area contributed by atoms with Crippen LogP contribution in [0.5, 0.6) is 0 Å². The number of fused-ring (bicyclic) bond motifs is 1. The Kier molecular flexibility index (Phi) is 5.08. The lowest BCUT2D eigenvalue weighted by molar-refractivity contribution is 0.318. The van der Waals surface area contributed by atoms with Gasteiger partial charge in [0.2, 0.25) is 0 Å². The lowest BCUT2D eigenvalue weighted by Crippen LogP contribution is -2.05. The van der Waals surface area contributed by atoms with E-state index >= 15 is 0 Å². The summed E-state index contributed by atoms with van der Waals surface area (Å²) in [6.07, 6.45) is 4.76. The molecule has 6 heteroatoms. The lowest BCUT2D eigenvalue weighted by atomic mass is 9.96. The van der Waals surface area contributed by atoms with Crippen molar-refractivity contribution < 1.29 is 18.2 Å². The molecule has 0 aliphatic heterocycles. The molecule has 0 bridgehead atoms. The SMILES string of the molecule is O=S(=O)(O)c1ccccc1.ON=C1CC=Cc2ccccc21. The fourth-order valence-corrected chi connectivity index (χ4v) is 2.50. The molecule has 0 aromatic heterocycles. The van der Waals surface area contributed by atoms with Crippen molar-refractivity contribution in [1.29, 1.82) is 0 Å². The van der Waals surface area contributed by atoms with Gasteiger partial charge in [0.15, 0.2) is 0 Å². The molecule has 0 atom stereocenters. The normalized spacial score (nSPS) is 14.9.